The fourth-order valence-electron chi connectivity index (χ4n) is 3.84. The van der Waals surface area contributed by atoms with Crippen molar-refractivity contribution < 1.29 is 14.3 Å². The van der Waals surface area contributed by atoms with Gasteiger partial charge in [-0.3, -0.25) is 15.6 Å². The van der Waals surface area contributed by atoms with Crippen LogP contribution < -0.4 is 16.2 Å². The molecule has 3 N–H and O–H groups in total. The first-order valence-corrected chi connectivity index (χ1v) is 12.0. The number of carbonyl (C=O) groups excluding carboxylic acids is 2. The lowest BCUT2D eigenvalue weighted by atomic mass is 9.86. The first kappa shape index (κ1) is 24.2. The quantitative estimate of drug-likeness (QED) is 0.328. The maximum atomic E-state index is 12.6. The van der Waals surface area contributed by atoms with Crippen LogP contribution in [0.1, 0.15) is 72.0 Å². The van der Waals surface area contributed by atoms with Crippen LogP contribution in [0, 0.1) is 12.8 Å². The number of rotatable bonds is 5. The van der Waals surface area contributed by atoms with E-state index >= 15 is 0 Å². The highest BCUT2D eigenvalue weighted by Crippen LogP contribution is 2.47. The Labute approximate surface area is 199 Å². The summed E-state index contributed by atoms with van der Waals surface area (Å²) in [5, 5.41) is 3.86. The number of ether oxygens (including phenoxy) is 1. The molecular weight excluding hydrogens is 442 g/mol. The zero-order chi connectivity index (χ0) is 23.6. The van der Waals surface area contributed by atoms with Crippen molar-refractivity contribution in [2.75, 3.05) is 12.4 Å². The van der Waals surface area contributed by atoms with E-state index in [1.165, 1.54) is 29.6 Å². The summed E-state index contributed by atoms with van der Waals surface area (Å²) < 4.78 is 4.93. The molecule has 0 aliphatic heterocycles. The Morgan fingerprint density at radius 3 is 2.41 bits per heavy atom. The van der Waals surface area contributed by atoms with Crippen LogP contribution in [0.25, 0.3) is 0 Å². The molecule has 8 heteroatoms. The van der Waals surface area contributed by atoms with E-state index in [2.05, 4.69) is 61.2 Å². The number of methoxy groups -OCH3 is 1. The first-order valence-electron chi connectivity index (χ1n) is 10.7. The van der Waals surface area contributed by atoms with Gasteiger partial charge in [0, 0.05) is 10.8 Å². The Balaban J connectivity index is 1.55. The van der Waals surface area contributed by atoms with E-state index < -0.39 is 5.97 Å². The standard InChI is InChI=1S/C24H31N3O3S2/c1-7-16-13(2)32-21(19(16)22(29)30-6)25-23(31)27-26-20(28)18-12-17(18)14-8-10-15(11-9-14)24(3,4)5/h8-11,17-18H,7,12H2,1-6H3,(H,26,28)(H2,25,27,31). The highest BCUT2D eigenvalue weighted by molar-refractivity contribution is 7.80. The van der Waals surface area contributed by atoms with E-state index in [-0.39, 0.29) is 28.3 Å². The number of amides is 1. The smallest absolute Gasteiger partial charge is 0.341 e. The molecule has 1 fully saturated rings. The average Bonchev–Trinajstić information content (AvgIpc) is 3.49. The second-order valence-corrected chi connectivity index (χ2v) is 10.7. The number of hydrogen-bond donors (Lipinski definition) is 3. The summed E-state index contributed by atoms with van der Waals surface area (Å²) in [5.41, 5.74) is 9.46. The van der Waals surface area contributed by atoms with Crippen molar-refractivity contribution in [2.45, 2.75) is 58.8 Å². The minimum Gasteiger partial charge on any atom is -0.465 e. The number of thiophene rings is 1. The molecule has 0 bridgehead atoms. The number of hydrazine groups is 1. The minimum atomic E-state index is -0.404. The third kappa shape index (κ3) is 5.30. The maximum absolute atomic E-state index is 12.6. The molecule has 0 spiro atoms. The van der Waals surface area contributed by atoms with Gasteiger partial charge in [0.25, 0.3) is 0 Å². The molecule has 0 saturated heterocycles. The molecule has 1 saturated carbocycles. The van der Waals surface area contributed by atoms with Crippen LogP contribution in [0.4, 0.5) is 5.00 Å². The van der Waals surface area contributed by atoms with Crippen LogP contribution >= 0.6 is 23.6 Å². The minimum absolute atomic E-state index is 0.0768. The van der Waals surface area contributed by atoms with Crippen LogP contribution in [0.5, 0.6) is 0 Å². The highest BCUT2D eigenvalue weighted by Gasteiger charge is 2.44. The third-order valence-electron chi connectivity index (χ3n) is 5.81. The summed E-state index contributed by atoms with van der Waals surface area (Å²) in [6, 6.07) is 8.53. The van der Waals surface area contributed by atoms with Gasteiger partial charge in [-0.05, 0) is 60.0 Å². The molecule has 1 aliphatic rings. The second kappa shape index (κ2) is 9.58. The number of nitrogens with one attached hydrogen (secondary N) is 3. The highest BCUT2D eigenvalue weighted by atomic mass is 32.1. The summed E-state index contributed by atoms with van der Waals surface area (Å²) in [4.78, 5) is 25.8. The summed E-state index contributed by atoms with van der Waals surface area (Å²) in [6.07, 6.45) is 1.53. The molecular formula is C24H31N3O3S2. The fraction of sp³-hybridized carbons (Fsp3) is 0.458. The van der Waals surface area contributed by atoms with Gasteiger partial charge in [0.1, 0.15) is 5.00 Å². The molecule has 1 aliphatic carbocycles. The van der Waals surface area contributed by atoms with Crippen molar-refractivity contribution in [3.8, 4) is 0 Å². The summed E-state index contributed by atoms with van der Waals surface area (Å²) in [5.74, 6) is -0.347. The Hall–Kier alpha value is -2.45. The zero-order valence-corrected chi connectivity index (χ0v) is 21.1. The van der Waals surface area contributed by atoms with E-state index in [1.54, 1.807) is 0 Å². The normalized spacial score (nSPS) is 17.4. The molecule has 172 valence electrons. The van der Waals surface area contributed by atoms with E-state index in [0.29, 0.717) is 17.0 Å². The van der Waals surface area contributed by atoms with Crippen molar-refractivity contribution in [1.29, 1.82) is 0 Å². The summed E-state index contributed by atoms with van der Waals surface area (Å²) in [7, 11) is 1.36. The lowest BCUT2D eigenvalue weighted by Crippen LogP contribution is -2.44. The molecule has 2 unspecified atom stereocenters. The molecule has 6 nitrogen and oxygen atoms in total. The van der Waals surface area contributed by atoms with Gasteiger partial charge in [-0.1, -0.05) is 52.0 Å². The van der Waals surface area contributed by atoms with Gasteiger partial charge in [-0.15, -0.1) is 11.3 Å². The summed E-state index contributed by atoms with van der Waals surface area (Å²) >= 11 is 6.76. The molecule has 1 amide bonds. The molecule has 2 atom stereocenters. The monoisotopic (exact) mass is 473 g/mol. The molecule has 2 aromatic rings. The van der Waals surface area contributed by atoms with Gasteiger partial charge in [-0.2, -0.15) is 0 Å². The fourth-order valence-corrected chi connectivity index (χ4v) is 5.19. The molecule has 3 rings (SSSR count). The van der Waals surface area contributed by atoms with Crippen LogP contribution in [0.3, 0.4) is 0 Å². The topological polar surface area (TPSA) is 79.5 Å². The van der Waals surface area contributed by atoms with Gasteiger partial charge in [0.15, 0.2) is 5.11 Å². The van der Waals surface area contributed by atoms with Crippen molar-refractivity contribution in [1.82, 2.24) is 10.9 Å². The van der Waals surface area contributed by atoms with Crippen LogP contribution in [0.15, 0.2) is 24.3 Å². The van der Waals surface area contributed by atoms with E-state index in [9.17, 15) is 9.59 Å². The van der Waals surface area contributed by atoms with E-state index in [0.717, 1.165) is 16.9 Å². The van der Waals surface area contributed by atoms with Gasteiger partial charge < -0.3 is 10.1 Å². The average molecular weight is 474 g/mol. The van der Waals surface area contributed by atoms with Gasteiger partial charge >= 0.3 is 5.97 Å². The lowest BCUT2D eigenvalue weighted by Gasteiger charge is -2.19. The van der Waals surface area contributed by atoms with Crippen molar-refractivity contribution in [2.24, 2.45) is 5.92 Å². The Morgan fingerprint density at radius 1 is 1.19 bits per heavy atom. The molecule has 32 heavy (non-hydrogen) atoms. The van der Waals surface area contributed by atoms with Crippen molar-refractivity contribution in [3.63, 3.8) is 0 Å². The Morgan fingerprint density at radius 2 is 1.84 bits per heavy atom. The molecule has 1 aromatic carbocycles. The zero-order valence-electron chi connectivity index (χ0n) is 19.4. The Bertz CT molecular complexity index is 1020. The van der Waals surface area contributed by atoms with Crippen LogP contribution in [0.2, 0.25) is 0 Å². The predicted molar refractivity (Wildman–Crippen MR) is 133 cm³/mol. The van der Waals surface area contributed by atoms with Gasteiger partial charge in [-0.25, -0.2) is 4.79 Å². The van der Waals surface area contributed by atoms with Gasteiger partial charge in [0.2, 0.25) is 5.91 Å². The number of benzene rings is 1. The number of thiocarbonyl (C=S) groups is 1. The second-order valence-electron chi connectivity index (χ2n) is 9.08. The van der Waals surface area contributed by atoms with Crippen LogP contribution in [-0.2, 0) is 21.4 Å². The first-order chi connectivity index (χ1) is 15.1. The maximum Gasteiger partial charge on any atom is 0.341 e. The van der Waals surface area contributed by atoms with Crippen molar-refractivity contribution >= 4 is 45.5 Å². The van der Waals surface area contributed by atoms with Crippen LogP contribution in [-0.4, -0.2) is 24.1 Å². The van der Waals surface area contributed by atoms with E-state index in [4.69, 9.17) is 17.0 Å². The predicted octanol–water partition coefficient (Wildman–Crippen LogP) is 4.82. The molecule has 0 radical (unpaired) electrons. The van der Waals surface area contributed by atoms with E-state index in [1.807, 2.05) is 13.8 Å². The number of carbonyl (C=O) groups is 2. The molecule has 1 heterocycles. The summed E-state index contributed by atoms with van der Waals surface area (Å²) in [6.45, 7) is 10.5. The number of hydrogen-bond acceptors (Lipinski definition) is 5. The third-order valence-corrected chi connectivity index (χ3v) is 7.08. The Kier molecular flexibility index (Phi) is 7.25. The number of aryl methyl sites for hydroxylation is 1. The largest absolute Gasteiger partial charge is 0.465 e. The number of esters is 1. The van der Waals surface area contributed by atoms with Crippen molar-refractivity contribution in [3.05, 3.63) is 51.4 Å². The SMILES string of the molecule is CCc1c(C)sc(NC(=S)NNC(=O)C2CC2c2ccc(C(C)(C)C)cc2)c1C(=O)OC. The number of anilines is 1. The molecule has 1 aromatic heterocycles. The van der Waals surface area contributed by atoms with Gasteiger partial charge in [0.05, 0.1) is 12.7 Å². The lowest BCUT2D eigenvalue weighted by molar-refractivity contribution is -0.122.